The van der Waals surface area contributed by atoms with Gasteiger partial charge in [0.15, 0.2) is 0 Å². The van der Waals surface area contributed by atoms with E-state index in [1.165, 1.54) is 12.3 Å². The van der Waals surface area contributed by atoms with Gasteiger partial charge in [0, 0.05) is 12.3 Å². The number of halogens is 3. The third kappa shape index (κ3) is 6.59. The van der Waals surface area contributed by atoms with E-state index in [1.807, 2.05) is 4.98 Å². The number of aromatic nitrogens is 2. The fraction of sp³-hybridized carbons (Fsp3) is 0.200. The molecule has 1 rings (SSSR count). The Bertz CT molecular complexity index is 291. The van der Waals surface area contributed by atoms with E-state index in [9.17, 15) is 22.8 Å². The molecule has 2 N–H and O–H groups in total. The van der Waals surface area contributed by atoms with E-state index < -0.39 is 12.4 Å². The normalized spacial score (nSPS) is 9.00. The van der Waals surface area contributed by atoms with E-state index in [0.29, 0.717) is 0 Å². The van der Waals surface area contributed by atoms with Crippen LogP contribution in [-0.2, 0) is 0 Å². The molecule has 0 saturated heterocycles. The summed E-state index contributed by atoms with van der Waals surface area (Å²) in [7, 11) is 0. The summed E-state index contributed by atoms with van der Waals surface area (Å²) in [5, 5.41) is 0. The minimum absolute atomic E-state index is 0.381. The molecule has 0 amide bonds. The molecule has 0 atom stereocenters. The van der Waals surface area contributed by atoms with Gasteiger partial charge in [-0.1, -0.05) is 0 Å². The highest BCUT2D eigenvalue weighted by atomic mass is 19.4. The number of hydrogen-bond acceptors (Lipinski definition) is 2. The molecule has 1 heterocycles. The fourth-order valence-electron chi connectivity index (χ4n) is 0.383. The average molecular weight is 182 g/mol. The Morgan fingerprint density at radius 1 is 1.25 bits per heavy atom. The Labute approximate surface area is 64.1 Å². The topological polar surface area (TPSA) is 65.7 Å². The van der Waals surface area contributed by atoms with Crippen molar-refractivity contribution >= 4 is 0 Å². The highest BCUT2D eigenvalue weighted by Gasteiger charge is 1.86. The molecule has 0 fully saturated rings. The van der Waals surface area contributed by atoms with Crippen molar-refractivity contribution in [2.75, 3.05) is 0 Å². The van der Waals surface area contributed by atoms with Crippen LogP contribution in [0.5, 0.6) is 0 Å². The van der Waals surface area contributed by atoms with Crippen LogP contribution in [0, 0.1) is 0 Å². The van der Waals surface area contributed by atoms with Crippen molar-refractivity contribution in [3.05, 3.63) is 33.1 Å². The van der Waals surface area contributed by atoms with Crippen LogP contribution in [0.4, 0.5) is 13.2 Å². The van der Waals surface area contributed by atoms with Crippen LogP contribution in [0.1, 0.15) is 0 Å². The molecular weight excluding hydrogens is 177 g/mol. The summed E-state index contributed by atoms with van der Waals surface area (Å²) in [6.45, 7) is -3.67. The summed E-state index contributed by atoms with van der Waals surface area (Å²) in [5.74, 6) is 0. The van der Waals surface area contributed by atoms with E-state index in [0.717, 1.165) is 0 Å². The van der Waals surface area contributed by atoms with Crippen molar-refractivity contribution < 1.29 is 13.2 Å². The van der Waals surface area contributed by atoms with Crippen LogP contribution in [0.25, 0.3) is 0 Å². The lowest BCUT2D eigenvalue weighted by Gasteiger charge is -1.75. The van der Waals surface area contributed by atoms with Gasteiger partial charge >= 0.3 is 12.4 Å². The largest absolute Gasteiger partial charge is 0.379 e. The van der Waals surface area contributed by atoms with Gasteiger partial charge in [-0.15, -0.1) is 0 Å². The fourth-order valence-corrected chi connectivity index (χ4v) is 0.383. The number of alkyl halides is 3. The first-order valence-corrected chi connectivity index (χ1v) is 2.72. The van der Waals surface area contributed by atoms with Crippen molar-refractivity contribution in [1.29, 1.82) is 0 Å². The first kappa shape index (κ1) is 10.5. The van der Waals surface area contributed by atoms with Crippen LogP contribution in [0.2, 0.25) is 0 Å². The second-order valence-electron chi connectivity index (χ2n) is 1.54. The number of hydrogen-bond donors (Lipinski definition) is 2. The number of rotatable bonds is 0. The Morgan fingerprint density at radius 2 is 1.75 bits per heavy atom. The zero-order valence-corrected chi connectivity index (χ0v) is 5.68. The van der Waals surface area contributed by atoms with Crippen LogP contribution in [-0.4, -0.2) is 16.6 Å². The second kappa shape index (κ2) is 5.16. The highest BCUT2D eigenvalue weighted by Crippen LogP contribution is 1.87. The van der Waals surface area contributed by atoms with Gasteiger partial charge in [-0.3, -0.25) is 9.78 Å². The highest BCUT2D eigenvalue weighted by molar-refractivity contribution is 4.77. The maximum Gasteiger partial charge on any atom is 0.379 e. The molecule has 4 nitrogen and oxygen atoms in total. The first-order chi connectivity index (χ1) is 5.52. The predicted molar refractivity (Wildman–Crippen MR) is 34.8 cm³/mol. The van der Waals surface area contributed by atoms with Crippen LogP contribution in [0.3, 0.4) is 0 Å². The Morgan fingerprint density at radius 3 is 2.00 bits per heavy atom. The summed E-state index contributed by atoms with van der Waals surface area (Å²) in [6, 6.07) is 1.24. The number of nitrogens with one attached hydrogen (secondary N) is 2. The molecule has 1 aromatic rings. The van der Waals surface area contributed by atoms with Crippen molar-refractivity contribution in [3.63, 3.8) is 0 Å². The van der Waals surface area contributed by atoms with Gasteiger partial charge in [0.05, 0.1) is 0 Å². The molecule has 0 saturated carbocycles. The molecule has 7 heteroatoms. The summed E-state index contributed by atoms with van der Waals surface area (Å²) in [4.78, 5) is 24.7. The third-order valence-corrected chi connectivity index (χ3v) is 0.686. The Hall–Kier alpha value is -1.53. The van der Waals surface area contributed by atoms with Crippen molar-refractivity contribution in [1.82, 2.24) is 9.97 Å². The quantitative estimate of drug-likeness (QED) is 0.603. The molecule has 0 bridgehead atoms. The van der Waals surface area contributed by atoms with E-state index in [2.05, 4.69) is 4.98 Å². The standard InChI is InChI=1S/C4H4N2O2.CHF3/c7-3-1-2-5-4(8)6-3;2-1(3)4/h1-2H,(H2,5,6,7,8);1H. The maximum absolute atomic E-state index is 10.2. The molecule has 0 unspecified atom stereocenters. The molecule has 0 aliphatic carbocycles. The Balaban J connectivity index is 0.000000261. The Kier molecular flexibility index (Phi) is 4.51. The van der Waals surface area contributed by atoms with Crippen LogP contribution in [0.15, 0.2) is 21.9 Å². The van der Waals surface area contributed by atoms with Gasteiger partial charge in [0.2, 0.25) is 0 Å². The van der Waals surface area contributed by atoms with E-state index in [1.54, 1.807) is 0 Å². The van der Waals surface area contributed by atoms with Crippen LogP contribution < -0.4 is 11.2 Å². The van der Waals surface area contributed by atoms with Gasteiger partial charge in [0.1, 0.15) is 0 Å². The molecule has 68 valence electrons. The number of aromatic amines is 2. The summed E-state index contributed by atoms with van der Waals surface area (Å²) in [6.07, 6.45) is 1.29. The lowest BCUT2D eigenvalue weighted by molar-refractivity contribution is 0.00819. The van der Waals surface area contributed by atoms with E-state index in [-0.39, 0.29) is 5.56 Å². The summed E-state index contributed by atoms with van der Waals surface area (Å²) in [5.41, 5.74) is -0.855. The number of H-pyrrole nitrogens is 2. The second-order valence-corrected chi connectivity index (χ2v) is 1.54. The molecule has 0 spiro atoms. The van der Waals surface area contributed by atoms with Gasteiger partial charge in [0.25, 0.3) is 5.56 Å². The molecule has 12 heavy (non-hydrogen) atoms. The summed E-state index contributed by atoms with van der Waals surface area (Å²) >= 11 is 0. The first-order valence-electron chi connectivity index (χ1n) is 2.72. The lowest BCUT2D eigenvalue weighted by atomic mass is 10.7. The van der Waals surface area contributed by atoms with Gasteiger partial charge < -0.3 is 4.98 Å². The van der Waals surface area contributed by atoms with E-state index >= 15 is 0 Å². The van der Waals surface area contributed by atoms with Crippen molar-refractivity contribution in [2.45, 2.75) is 6.68 Å². The lowest BCUT2D eigenvalue weighted by Crippen LogP contribution is -2.19. The minimum Gasteiger partial charge on any atom is -0.314 e. The average Bonchev–Trinajstić information content (AvgIpc) is 1.84. The minimum atomic E-state index is -3.67. The maximum atomic E-state index is 10.2. The zero-order valence-electron chi connectivity index (χ0n) is 5.68. The van der Waals surface area contributed by atoms with Crippen molar-refractivity contribution in [2.24, 2.45) is 0 Å². The van der Waals surface area contributed by atoms with Crippen LogP contribution >= 0.6 is 0 Å². The summed E-state index contributed by atoms with van der Waals surface area (Å²) < 4.78 is 29.0. The zero-order chi connectivity index (χ0) is 9.56. The monoisotopic (exact) mass is 182 g/mol. The van der Waals surface area contributed by atoms with Crippen molar-refractivity contribution in [3.8, 4) is 0 Å². The molecule has 0 aliphatic rings. The van der Waals surface area contributed by atoms with Gasteiger partial charge in [-0.05, 0) is 0 Å². The molecule has 1 aromatic heterocycles. The molecule has 0 aliphatic heterocycles. The SMILES string of the molecule is FC(F)F.O=c1cc[nH]c(=O)[nH]1. The van der Waals surface area contributed by atoms with Gasteiger partial charge in [-0.2, -0.15) is 13.2 Å². The predicted octanol–water partition coefficient (Wildman–Crippen LogP) is 0.242. The molecule has 0 aromatic carbocycles. The smallest absolute Gasteiger partial charge is 0.314 e. The molecular formula is C5H5F3N2O2. The molecule has 0 radical (unpaired) electrons. The van der Waals surface area contributed by atoms with Gasteiger partial charge in [-0.25, -0.2) is 4.79 Å². The van der Waals surface area contributed by atoms with E-state index in [4.69, 9.17) is 0 Å². The third-order valence-electron chi connectivity index (χ3n) is 0.686.